The third kappa shape index (κ3) is 6.43. The lowest BCUT2D eigenvalue weighted by molar-refractivity contribution is -0.294. The molecule has 3 aromatic carbocycles. The smallest absolute Gasteiger partial charge is 0.280 e. The van der Waals surface area contributed by atoms with Gasteiger partial charge in [-0.25, -0.2) is 0 Å². The Labute approximate surface area is 400 Å². The highest BCUT2D eigenvalue weighted by molar-refractivity contribution is 6.64. The first-order valence-corrected chi connectivity index (χ1v) is 23.9. The second-order valence-corrected chi connectivity index (χ2v) is 20.7. The molecule has 6 heterocycles. The quantitative estimate of drug-likeness (QED) is 0.0888. The van der Waals surface area contributed by atoms with Crippen LogP contribution in [0.3, 0.4) is 0 Å². The van der Waals surface area contributed by atoms with Crippen LogP contribution in [-0.2, 0) is 20.4 Å². The fourth-order valence-electron chi connectivity index (χ4n) is 12.0. The summed E-state index contributed by atoms with van der Waals surface area (Å²) in [6.45, 7) is 29.7. The van der Waals surface area contributed by atoms with E-state index in [0.29, 0.717) is 17.2 Å². The number of likely N-dealkylation sites (tertiary alicyclic amines) is 1. The molecule has 360 valence electrons. The van der Waals surface area contributed by atoms with Gasteiger partial charge >= 0.3 is 0 Å². The van der Waals surface area contributed by atoms with Gasteiger partial charge in [0.2, 0.25) is 23.1 Å². The highest BCUT2D eigenvalue weighted by Gasteiger charge is 2.51. The maximum Gasteiger partial charge on any atom is 0.280 e. The molecule has 5 N–H and O–H groups in total. The number of aromatic amines is 3. The van der Waals surface area contributed by atoms with Crippen LogP contribution in [0.5, 0.6) is 11.5 Å². The van der Waals surface area contributed by atoms with Crippen molar-refractivity contribution in [2.45, 2.75) is 118 Å². The first-order valence-electron chi connectivity index (χ1n) is 23.9. The van der Waals surface area contributed by atoms with Gasteiger partial charge < -0.3 is 40.1 Å². The van der Waals surface area contributed by atoms with Crippen molar-refractivity contribution < 1.29 is 24.9 Å². The molecule has 0 bridgehead atoms. The van der Waals surface area contributed by atoms with E-state index in [1.807, 2.05) is 42.9 Å². The van der Waals surface area contributed by atoms with Crippen LogP contribution in [0.25, 0.3) is 33.0 Å². The second-order valence-electron chi connectivity index (χ2n) is 20.7. The number of ketones is 2. The van der Waals surface area contributed by atoms with E-state index in [2.05, 4.69) is 131 Å². The first kappa shape index (κ1) is 47.1. The van der Waals surface area contributed by atoms with Crippen LogP contribution in [0, 0.1) is 5.41 Å². The van der Waals surface area contributed by atoms with Crippen molar-refractivity contribution in [3.8, 4) is 11.5 Å². The number of likely N-dealkylation sites (N-methyl/N-ethyl adjacent to an activating group) is 3. The predicted octanol–water partition coefficient (Wildman–Crippen LogP) is 7.14. The monoisotopic (exact) mass is 933 g/mol. The minimum Gasteiger partial charge on any atom is -0.871 e. The Morgan fingerprint density at radius 1 is 0.623 bits per heavy atom. The number of allylic oxidation sites excluding steroid dienone is 4. The number of rotatable bonds is 4. The Bertz CT molecular complexity index is 3360. The molecule has 5 aliphatic rings. The van der Waals surface area contributed by atoms with E-state index in [-0.39, 0.29) is 45.5 Å². The van der Waals surface area contributed by atoms with Gasteiger partial charge in [-0.05, 0) is 93.8 Å². The number of benzene rings is 2. The number of aromatic hydroxyl groups is 2. The Kier molecular flexibility index (Phi) is 11.0. The van der Waals surface area contributed by atoms with Gasteiger partial charge in [0.05, 0.1) is 28.6 Å². The van der Waals surface area contributed by atoms with Crippen LogP contribution in [0.4, 0.5) is 11.4 Å². The van der Waals surface area contributed by atoms with Crippen molar-refractivity contribution >= 4 is 55.9 Å². The molecule has 69 heavy (non-hydrogen) atoms. The first-order chi connectivity index (χ1) is 32.5. The Hall–Kier alpha value is -6.93. The van der Waals surface area contributed by atoms with Gasteiger partial charge in [-0.1, -0.05) is 66.4 Å². The van der Waals surface area contributed by atoms with Gasteiger partial charge in [-0.3, -0.25) is 28.9 Å². The zero-order valence-corrected chi connectivity index (χ0v) is 41.4. The van der Waals surface area contributed by atoms with Crippen LogP contribution in [0.15, 0.2) is 92.4 Å². The number of hydrogen-bond acceptors (Lipinski definition) is 11. The third-order valence-corrected chi connectivity index (χ3v) is 16.8. The van der Waals surface area contributed by atoms with Crippen molar-refractivity contribution in [3.05, 3.63) is 137 Å². The second kappa shape index (κ2) is 16.1. The summed E-state index contributed by atoms with van der Waals surface area (Å²) in [4.78, 5) is 75.8. The molecule has 0 radical (unpaired) electrons. The summed E-state index contributed by atoms with van der Waals surface area (Å²) in [6, 6.07) is 13.9. The molecule has 3 aliphatic heterocycles. The third-order valence-electron chi connectivity index (χ3n) is 16.8. The molecule has 1 fully saturated rings. The molecule has 0 saturated carbocycles. The van der Waals surface area contributed by atoms with E-state index in [0.717, 1.165) is 53.0 Å². The molecular weight excluding hydrogens is 873 g/mol. The summed E-state index contributed by atoms with van der Waals surface area (Å²) < 4.78 is 0. The van der Waals surface area contributed by atoms with Crippen LogP contribution >= 0.6 is 0 Å². The summed E-state index contributed by atoms with van der Waals surface area (Å²) in [5, 5.41) is 33.6. The van der Waals surface area contributed by atoms with E-state index in [9.17, 15) is 29.1 Å². The molecule has 14 heteroatoms. The number of anilines is 2. The zero-order chi connectivity index (χ0) is 50.1. The lowest BCUT2D eigenvalue weighted by Gasteiger charge is -2.30. The Balaban J connectivity index is 0.000000178. The maximum atomic E-state index is 14.4. The maximum absolute atomic E-state index is 14.4. The molecule has 11 rings (SSSR count). The average molecular weight is 934 g/mol. The molecule has 3 aromatic heterocycles. The number of aromatic nitrogens is 3. The number of nitrogens with zero attached hydrogens (tertiary/aromatic N) is 3. The molecule has 0 amide bonds. The fourth-order valence-corrected chi connectivity index (χ4v) is 12.0. The van der Waals surface area contributed by atoms with Crippen molar-refractivity contribution in [3.63, 3.8) is 0 Å². The van der Waals surface area contributed by atoms with Gasteiger partial charge in [0.25, 0.3) is 16.3 Å². The summed E-state index contributed by atoms with van der Waals surface area (Å²) in [5.74, 6) is -4.25. The molecule has 4 atom stereocenters. The number of carbonyl (C=O) groups is 2. The number of hydrogen-bond donors (Lipinski definition) is 5. The van der Waals surface area contributed by atoms with Crippen molar-refractivity contribution in [1.29, 1.82) is 0 Å². The summed E-state index contributed by atoms with van der Waals surface area (Å²) in [6.07, 6.45) is 7.78. The van der Waals surface area contributed by atoms with Crippen molar-refractivity contribution in [1.82, 2.24) is 19.9 Å². The highest BCUT2D eigenvalue weighted by atomic mass is 16.3. The minimum atomic E-state index is -1.39. The predicted molar refractivity (Wildman–Crippen MR) is 270 cm³/mol. The van der Waals surface area contributed by atoms with Gasteiger partial charge in [-0.2, -0.15) is 0 Å². The summed E-state index contributed by atoms with van der Waals surface area (Å²) in [5.41, 5.74) is 6.86. The molecule has 4 unspecified atom stereocenters. The van der Waals surface area contributed by atoms with Crippen LogP contribution in [0.1, 0.15) is 117 Å². The SMILES string of the molecule is CCN1c2c(cc(C3=C([O-])/C(=C4\C=C5C(c6cc[nH]c64)N(CC)C(C)C5(C)C)C(=O)C3=O)c3[nH]ccc23)C(C)(C)C1C.CCN1c2c(ccc3[nH]ccc23)C(C)(C)C1C.O=c1c(O)c(O)c(=O)c1=O. The highest BCUT2D eigenvalue weighted by Crippen LogP contribution is 2.57. The van der Waals surface area contributed by atoms with E-state index >= 15 is 0 Å². The number of fused-ring (bicyclic) bond motifs is 9. The molecular formula is C55H61N6O8-. The topological polar surface area (TPSA) is 206 Å². The normalized spacial score (nSPS) is 24.0. The van der Waals surface area contributed by atoms with Gasteiger partial charge in [0.15, 0.2) is 0 Å². The van der Waals surface area contributed by atoms with E-state index in [4.69, 9.17) is 10.2 Å². The molecule has 1 saturated heterocycles. The van der Waals surface area contributed by atoms with Crippen LogP contribution in [-0.4, -0.2) is 79.4 Å². The molecule has 6 aromatic rings. The van der Waals surface area contributed by atoms with Crippen LogP contribution < -0.4 is 31.2 Å². The van der Waals surface area contributed by atoms with E-state index in [1.165, 1.54) is 27.7 Å². The lowest BCUT2D eigenvalue weighted by atomic mass is 9.74. The summed E-state index contributed by atoms with van der Waals surface area (Å²) >= 11 is 0. The van der Waals surface area contributed by atoms with Gasteiger partial charge in [0, 0.05) is 105 Å². The standard InChI is InChI=1S/C35H40N4O3.C15H20N2.C5H2O5/c1-9-38-17(3)34(5,6)23-15-21(27-19(29(23)38)11-13-36-27)25-31(40)26(33(42)32(25)41)22-16-24-30(20-12-14-37-28(20)22)39(10-2)18(4)35(24,7)8;1-5-17-10(2)15(3,4)12-6-7-13-11(14(12)17)8-9-16-13;6-1-2(7)4(9)5(10)3(1)8/h11-18,29,36-37,40H,9-10H2,1-8H3;6-10,16H,5H2,1-4H3;6-7H/p-1/b25-21-;;. The average Bonchev–Trinajstić information content (AvgIpc) is 4.21. The number of nitrogens with one attached hydrogen (secondary N) is 3. The fraction of sp³-hybridized carbons (Fsp3) is 0.400. The van der Waals surface area contributed by atoms with Gasteiger partial charge in [-0.15, -0.1) is 0 Å². The van der Waals surface area contributed by atoms with Crippen LogP contribution in [0.2, 0.25) is 0 Å². The van der Waals surface area contributed by atoms with Crippen molar-refractivity contribution in [2.24, 2.45) is 5.41 Å². The molecule has 2 aliphatic carbocycles. The van der Waals surface area contributed by atoms with E-state index < -0.39 is 45.1 Å². The molecule has 0 spiro atoms. The number of H-pyrrole nitrogens is 3. The largest absolute Gasteiger partial charge is 0.871 e. The number of Topliss-reactive ketones (excluding diaryl/α,β-unsaturated/α-hetero) is 2. The minimum absolute atomic E-state index is 0.0222. The Morgan fingerprint density at radius 2 is 1.17 bits per heavy atom. The van der Waals surface area contributed by atoms with E-state index in [1.54, 1.807) is 0 Å². The summed E-state index contributed by atoms with van der Waals surface area (Å²) in [7, 11) is 0. The van der Waals surface area contributed by atoms with Crippen molar-refractivity contribution in [2.75, 3.05) is 29.4 Å². The zero-order valence-electron chi connectivity index (χ0n) is 41.4. The lowest BCUT2D eigenvalue weighted by Crippen LogP contribution is -2.38. The Morgan fingerprint density at radius 3 is 1.75 bits per heavy atom. The van der Waals surface area contributed by atoms with Gasteiger partial charge in [0.1, 0.15) is 0 Å². The number of carbonyl (C=O) groups excluding carboxylic acids is 2. The molecule has 14 nitrogen and oxygen atoms in total.